The Morgan fingerprint density at radius 1 is 1.56 bits per heavy atom. The van der Waals surface area contributed by atoms with Gasteiger partial charge in [-0.25, -0.2) is 0 Å². The molecule has 1 rings (SSSR count). The van der Waals surface area contributed by atoms with E-state index in [-0.39, 0.29) is 29.6 Å². The number of carbonyl (C=O) groups is 1. The fourth-order valence-electron chi connectivity index (χ4n) is 1.14. The molecule has 88 valence electrons. The molecule has 0 aromatic heterocycles. The van der Waals surface area contributed by atoms with Crippen molar-refractivity contribution in [1.82, 2.24) is 0 Å². The van der Waals surface area contributed by atoms with Gasteiger partial charge in [0, 0.05) is 6.07 Å². The monoisotopic (exact) mass is 244 g/mol. The van der Waals surface area contributed by atoms with E-state index in [2.05, 4.69) is 0 Å². The lowest BCUT2D eigenvalue weighted by Gasteiger charge is -2.10. The minimum atomic E-state index is -0.753. The van der Waals surface area contributed by atoms with Gasteiger partial charge in [0.25, 0.3) is 0 Å². The second-order valence-corrected chi connectivity index (χ2v) is 3.66. The molecule has 0 fully saturated rings. The number of rotatable bonds is 5. The number of hydrogen-bond acceptors (Lipinski definition) is 4. The number of phenolic OH excluding ortho intramolecular Hbond substituents is 1. The number of aliphatic hydroxyl groups excluding tert-OH is 1. The van der Waals surface area contributed by atoms with E-state index >= 15 is 0 Å². The molecule has 0 amide bonds. The Hall–Kier alpha value is -1.26. The molecule has 0 bridgehead atoms. The standard InChI is InChI=1S/C11H13ClO4/c1-7(13)10-3-2-9(4-11(10)15)16-6-8(14)5-12/h2-4,8,14-15H,5-6H2,1H3. The zero-order valence-corrected chi connectivity index (χ0v) is 9.57. The third-order valence-corrected chi connectivity index (χ3v) is 2.33. The van der Waals surface area contributed by atoms with Crippen molar-refractivity contribution in [3.05, 3.63) is 23.8 Å². The molecular formula is C11H13ClO4. The normalized spacial score (nSPS) is 12.2. The van der Waals surface area contributed by atoms with Crippen LogP contribution in [0.25, 0.3) is 0 Å². The minimum absolute atomic E-state index is 0.0440. The zero-order chi connectivity index (χ0) is 12.1. The molecule has 1 atom stereocenters. The summed E-state index contributed by atoms with van der Waals surface area (Å²) in [7, 11) is 0. The van der Waals surface area contributed by atoms with Gasteiger partial charge in [0.15, 0.2) is 5.78 Å². The molecule has 16 heavy (non-hydrogen) atoms. The first-order valence-corrected chi connectivity index (χ1v) is 5.29. The van der Waals surface area contributed by atoms with Crippen LogP contribution in [-0.2, 0) is 0 Å². The molecule has 1 unspecified atom stereocenters. The van der Waals surface area contributed by atoms with Crippen molar-refractivity contribution in [3.8, 4) is 11.5 Å². The van der Waals surface area contributed by atoms with Crippen LogP contribution in [0.3, 0.4) is 0 Å². The maximum atomic E-state index is 11.0. The van der Waals surface area contributed by atoms with Gasteiger partial charge < -0.3 is 14.9 Å². The van der Waals surface area contributed by atoms with Crippen molar-refractivity contribution < 1.29 is 19.7 Å². The van der Waals surface area contributed by atoms with E-state index < -0.39 is 6.10 Å². The predicted molar refractivity (Wildman–Crippen MR) is 60.3 cm³/mol. The Bertz CT molecular complexity index is 378. The largest absolute Gasteiger partial charge is 0.507 e. The summed E-state index contributed by atoms with van der Waals surface area (Å²) >= 11 is 5.39. The van der Waals surface area contributed by atoms with Crippen molar-refractivity contribution in [2.45, 2.75) is 13.0 Å². The highest BCUT2D eigenvalue weighted by Crippen LogP contribution is 2.23. The van der Waals surface area contributed by atoms with Crippen LogP contribution in [0.2, 0.25) is 0 Å². The van der Waals surface area contributed by atoms with Crippen molar-refractivity contribution in [3.63, 3.8) is 0 Å². The molecule has 1 aromatic rings. The lowest BCUT2D eigenvalue weighted by Crippen LogP contribution is -2.18. The lowest BCUT2D eigenvalue weighted by molar-refractivity contribution is 0.101. The van der Waals surface area contributed by atoms with Gasteiger partial charge in [-0.3, -0.25) is 4.79 Å². The molecule has 2 N–H and O–H groups in total. The first-order valence-electron chi connectivity index (χ1n) is 4.75. The van der Waals surface area contributed by atoms with Gasteiger partial charge in [0.2, 0.25) is 0 Å². The van der Waals surface area contributed by atoms with Gasteiger partial charge in [-0.1, -0.05) is 0 Å². The third kappa shape index (κ3) is 3.40. The zero-order valence-electron chi connectivity index (χ0n) is 8.81. The quantitative estimate of drug-likeness (QED) is 0.610. The van der Waals surface area contributed by atoms with E-state index in [1.807, 2.05) is 0 Å². The highest BCUT2D eigenvalue weighted by Gasteiger charge is 2.08. The van der Waals surface area contributed by atoms with Gasteiger partial charge in [0.05, 0.1) is 11.4 Å². The molecule has 1 aromatic carbocycles. The SMILES string of the molecule is CC(=O)c1ccc(OCC(O)CCl)cc1O. The molecule has 0 saturated carbocycles. The van der Waals surface area contributed by atoms with Crippen molar-refractivity contribution in [1.29, 1.82) is 0 Å². The molecule has 5 heteroatoms. The summed E-state index contributed by atoms with van der Waals surface area (Å²) in [5.41, 5.74) is 0.241. The van der Waals surface area contributed by atoms with Gasteiger partial charge in [-0.15, -0.1) is 11.6 Å². The lowest BCUT2D eigenvalue weighted by atomic mass is 10.1. The number of hydrogen-bond donors (Lipinski definition) is 2. The maximum Gasteiger partial charge on any atom is 0.163 e. The molecule has 0 saturated heterocycles. The van der Waals surface area contributed by atoms with Crippen LogP contribution in [0.5, 0.6) is 11.5 Å². The van der Waals surface area contributed by atoms with Crippen molar-refractivity contribution in [2.75, 3.05) is 12.5 Å². The first-order chi connectivity index (χ1) is 7.54. The second-order valence-electron chi connectivity index (χ2n) is 3.35. The first kappa shape index (κ1) is 12.8. The summed E-state index contributed by atoms with van der Waals surface area (Å²) in [6.07, 6.45) is -0.753. The number of ketones is 1. The Labute approximate surface area is 98.4 Å². The van der Waals surface area contributed by atoms with Gasteiger partial charge in [-0.2, -0.15) is 0 Å². The highest BCUT2D eigenvalue weighted by atomic mass is 35.5. The minimum Gasteiger partial charge on any atom is -0.507 e. The van der Waals surface area contributed by atoms with E-state index in [1.165, 1.54) is 19.1 Å². The smallest absolute Gasteiger partial charge is 0.163 e. The number of halogens is 1. The molecule has 0 aliphatic carbocycles. The fraction of sp³-hybridized carbons (Fsp3) is 0.364. The molecule has 4 nitrogen and oxygen atoms in total. The number of ether oxygens (including phenoxy) is 1. The Morgan fingerprint density at radius 2 is 2.25 bits per heavy atom. The second kappa shape index (κ2) is 5.72. The summed E-state index contributed by atoms with van der Waals surface area (Å²) in [6.45, 7) is 1.41. The van der Waals surface area contributed by atoms with Crippen LogP contribution in [0.15, 0.2) is 18.2 Å². The topological polar surface area (TPSA) is 66.8 Å². The summed E-state index contributed by atoms with van der Waals surface area (Å²) in [5, 5.41) is 18.7. The van der Waals surface area contributed by atoms with Crippen LogP contribution in [0.4, 0.5) is 0 Å². The average molecular weight is 245 g/mol. The summed E-state index contributed by atoms with van der Waals surface area (Å²) < 4.78 is 5.17. The predicted octanol–water partition coefficient (Wildman–Crippen LogP) is 1.57. The van der Waals surface area contributed by atoms with Gasteiger partial charge >= 0.3 is 0 Å². The molecule has 0 spiro atoms. The molecule has 0 aliphatic heterocycles. The van der Waals surface area contributed by atoms with Crippen LogP contribution in [-0.4, -0.2) is 34.6 Å². The van der Waals surface area contributed by atoms with E-state index in [1.54, 1.807) is 6.07 Å². The summed E-state index contributed by atoms with van der Waals surface area (Å²) in [4.78, 5) is 11.0. The Balaban J connectivity index is 2.70. The Kier molecular flexibility index (Phi) is 4.58. The van der Waals surface area contributed by atoms with E-state index in [9.17, 15) is 9.90 Å². The number of aliphatic hydroxyl groups is 1. The Morgan fingerprint density at radius 3 is 2.75 bits per heavy atom. The molecule has 0 radical (unpaired) electrons. The van der Waals surface area contributed by atoms with Crippen LogP contribution in [0.1, 0.15) is 17.3 Å². The maximum absolute atomic E-state index is 11.0. The molecule has 0 aliphatic rings. The van der Waals surface area contributed by atoms with Crippen molar-refractivity contribution >= 4 is 17.4 Å². The van der Waals surface area contributed by atoms with E-state index in [4.69, 9.17) is 21.4 Å². The third-order valence-electron chi connectivity index (χ3n) is 1.97. The summed E-state index contributed by atoms with van der Waals surface area (Å²) in [5.74, 6) is 0.110. The number of carbonyl (C=O) groups excluding carboxylic acids is 1. The van der Waals surface area contributed by atoms with E-state index in [0.717, 1.165) is 0 Å². The highest BCUT2D eigenvalue weighted by molar-refractivity contribution is 6.18. The molecular weight excluding hydrogens is 232 g/mol. The van der Waals surface area contributed by atoms with Crippen LogP contribution < -0.4 is 4.74 Å². The van der Waals surface area contributed by atoms with Gasteiger partial charge in [-0.05, 0) is 19.1 Å². The number of aromatic hydroxyl groups is 1. The molecule has 0 heterocycles. The summed E-state index contributed by atoms with van der Waals surface area (Å²) in [6, 6.07) is 4.36. The number of benzene rings is 1. The number of Topliss-reactive ketones (excluding diaryl/α,β-unsaturated/α-hetero) is 1. The van der Waals surface area contributed by atoms with Crippen LogP contribution >= 0.6 is 11.6 Å². The fourth-order valence-corrected chi connectivity index (χ4v) is 1.22. The number of phenols is 1. The number of alkyl halides is 1. The van der Waals surface area contributed by atoms with Crippen molar-refractivity contribution in [2.24, 2.45) is 0 Å². The van der Waals surface area contributed by atoms with Gasteiger partial charge in [0.1, 0.15) is 24.2 Å². The van der Waals surface area contributed by atoms with E-state index in [0.29, 0.717) is 5.75 Å². The van der Waals surface area contributed by atoms with Crippen LogP contribution in [0, 0.1) is 0 Å². The average Bonchev–Trinajstić information content (AvgIpc) is 2.25.